The average molecular weight is 512 g/mol. The van der Waals surface area contributed by atoms with Crippen molar-refractivity contribution in [2.75, 3.05) is 0 Å². The van der Waals surface area contributed by atoms with E-state index in [0.717, 1.165) is 40.0 Å². The Bertz CT molecular complexity index is 399. The van der Waals surface area contributed by atoms with Crippen LogP contribution >= 0.6 is 0 Å². The van der Waals surface area contributed by atoms with Gasteiger partial charge in [-0.1, -0.05) is 12.8 Å². The van der Waals surface area contributed by atoms with E-state index in [4.69, 9.17) is 24.7 Å². The van der Waals surface area contributed by atoms with Gasteiger partial charge in [0.15, 0.2) is 5.78 Å². The van der Waals surface area contributed by atoms with Gasteiger partial charge in [0.1, 0.15) is 0 Å². The van der Waals surface area contributed by atoms with Crippen molar-refractivity contribution in [2.45, 2.75) is 64.3 Å². The normalized spacial score (nSPS) is 26.6. The monoisotopic (exact) mass is 512 g/mol. The summed E-state index contributed by atoms with van der Waals surface area (Å²) < 4.78 is 16.4. The van der Waals surface area contributed by atoms with E-state index in [1.807, 2.05) is 0 Å². The quantitative estimate of drug-likeness (QED) is 0.321. The first-order chi connectivity index (χ1) is 10.6. The van der Waals surface area contributed by atoms with Gasteiger partial charge in [-0.3, -0.25) is 14.4 Å². The summed E-state index contributed by atoms with van der Waals surface area (Å²) in [6, 6.07) is 0.562. The number of nitrogens with two attached hydrogens (primary N) is 2. The molecule has 1 saturated carbocycles. The Kier molecular flexibility index (Phi) is 9.77. The molecule has 1 aliphatic heterocycles. The third-order valence-corrected chi connectivity index (χ3v) is 3.45. The van der Waals surface area contributed by atoms with Crippen LogP contribution in [0.2, 0.25) is 0 Å². The van der Waals surface area contributed by atoms with Crippen molar-refractivity contribution >= 4 is 17.7 Å². The zero-order chi connectivity index (χ0) is 18.2. The fraction of sp³-hybridized carbons (Fsp3) is 0.786. The topological polar surface area (TPSA) is 142 Å². The molecule has 0 aromatic rings. The number of cyclic esters (lactones) is 2. The van der Waals surface area contributed by atoms with Crippen molar-refractivity contribution in [3.8, 4) is 0 Å². The molecule has 0 radical (unpaired) electrons. The fourth-order valence-electron chi connectivity index (χ4n) is 2.24. The van der Waals surface area contributed by atoms with Crippen LogP contribution in [0.15, 0.2) is 0 Å². The molecule has 5 N–H and O–H groups in total. The molecular weight excluding hydrogens is 487 g/mol. The van der Waals surface area contributed by atoms with Gasteiger partial charge in [-0.2, -0.15) is 0 Å². The predicted molar refractivity (Wildman–Crippen MR) is 77.1 cm³/mol. The number of hydrogen-bond acceptors (Lipinski definition) is 8. The van der Waals surface area contributed by atoms with Crippen LogP contribution in [-0.2, 0) is 44.1 Å². The van der Waals surface area contributed by atoms with E-state index >= 15 is 0 Å². The van der Waals surface area contributed by atoms with Gasteiger partial charge in [0.05, 0.1) is 0 Å². The second-order valence-corrected chi connectivity index (χ2v) is 5.90. The Hall–Kier alpha value is -0.822. The zero-order valence-corrected chi connectivity index (χ0v) is 15.8. The minimum atomic E-state index is -1.41. The van der Waals surface area contributed by atoms with Crippen LogP contribution in [0.4, 0.5) is 0 Å². The molecule has 2 aliphatic rings. The second-order valence-electron chi connectivity index (χ2n) is 5.90. The molecule has 23 heavy (non-hydrogen) atoms. The van der Waals surface area contributed by atoms with Gasteiger partial charge in [-0.25, -0.2) is 0 Å². The molecule has 1 aliphatic carbocycles. The Morgan fingerprint density at radius 2 is 1.43 bits per heavy atom. The Balaban J connectivity index is 0.000000414. The molecule has 2 fully saturated rings. The van der Waals surface area contributed by atoms with Crippen LogP contribution in [0.5, 0.6) is 0 Å². The summed E-state index contributed by atoms with van der Waals surface area (Å²) in [7, 11) is 0. The Labute approximate surface area is 147 Å². The maximum atomic E-state index is 11.1. The summed E-state index contributed by atoms with van der Waals surface area (Å²) >= 11 is 1.14. The van der Waals surface area contributed by atoms with Gasteiger partial charge in [0.2, 0.25) is 5.92 Å². The van der Waals surface area contributed by atoms with Crippen LogP contribution in [0, 0.1) is 5.92 Å². The van der Waals surface area contributed by atoms with Crippen molar-refractivity contribution < 1.29 is 47.8 Å². The molecule has 0 unspecified atom stereocenters. The number of ether oxygens (including phenoxy) is 2. The summed E-state index contributed by atoms with van der Waals surface area (Å²) in [6.07, 6.45) is 4.80. The van der Waals surface area contributed by atoms with Gasteiger partial charge < -0.3 is 20.9 Å². The van der Waals surface area contributed by atoms with Crippen LogP contribution in [0.25, 0.3) is 0 Å². The van der Waals surface area contributed by atoms with Crippen molar-refractivity contribution in [1.82, 2.24) is 0 Å². The number of rotatable bonds is 1. The van der Waals surface area contributed by atoms with Crippen molar-refractivity contribution in [2.24, 2.45) is 17.4 Å². The van der Waals surface area contributed by atoms with Crippen molar-refractivity contribution in [1.29, 1.82) is 0 Å². The molecular formula is C14H25N2O6Pt. The van der Waals surface area contributed by atoms with E-state index in [9.17, 15) is 14.4 Å². The zero-order valence-electron chi connectivity index (χ0n) is 13.5. The molecule has 1 saturated heterocycles. The number of esters is 2. The Morgan fingerprint density at radius 1 is 1.09 bits per heavy atom. The molecule has 0 aromatic carbocycles. The first-order valence-electron chi connectivity index (χ1n) is 7.25. The standard InChI is InChI=1S/C8H10O5.C6H14N2.H2O.Pt/c1-4(9)5-6(10)12-8(2,3)13-7(5)11;7-5-3-1-2-4-6(5)8;;/h5H,1-3H3;5-6H,1-4,7-8H2;1H2;/q;;;+1/p-1/t;5-,6-;;/m.1../s1. The summed E-state index contributed by atoms with van der Waals surface area (Å²) in [4.78, 5) is 33.1. The minimum absolute atomic E-state index is 0.281. The summed E-state index contributed by atoms with van der Waals surface area (Å²) in [6.45, 7) is 4.00. The first kappa shape index (κ1) is 22.2. The van der Waals surface area contributed by atoms with Gasteiger partial charge >= 0.3 is 35.9 Å². The summed E-state index contributed by atoms with van der Waals surface area (Å²) in [5, 5.41) is 0. The summed E-state index contributed by atoms with van der Waals surface area (Å²) in [5.74, 6) is -4.92. The summed E-state index contributed by atoms with van der Waals surface area (Å²) in [5.41, 5.74) is 11.3. The van der Waals surface area contributed by atoms with E-state index in [-0.39, 0.29) is 12.1 Å². The van der Waals surface area contributed by atoms with E-state index in [1.165, 1.54) is 26.7 Å². The van der Waals surface area contributed by atoms with E-state index in [2.05, 4.69) is 0 Å². The molecule has 0 amide bonds. The molecule has 2 atom stereocenters. The van der Waals surface area contributed by atoms with E-state index in [0.29, 0.717) is 0 Å². The molecule has 9 heteroatoms. The molecule has 0 spiro atoms. The fourth-order valence-corrected chi connectivity index (χ4v) is 2.24. The van der Waals surface area contributed by atoms with Crippen LogP contribution < -0.4 is 11.5 Å². The third kappa shape index (κ3) is 7.52. The molecule has 0 bridgehead atoms. The van der Waals surface area contributed by atoms with Crippen LogP contribution in [0.1, 0.15) is 46.5 Å². The number of carbonyl (C=O) groups is 3. The molecule has 8 nitrogen and oxygen atoms in total. The molecule has 0 aromatic heterocycles. The predicted octanol–water partition coefficient (Wildman–Crippen LogP) is -0.317. The third-order valence-electron chi connectivity index (χ3n) is 3.45. The SMILES string of the molecule is CC(=O)C1C(=O)OC(C)(C)OC1=O.N[C@@H]1CCCC[C@H]1N.[OH][Pt]. The molecule has 137 valence electrons. The number of carbonyl (C=O) groups excluding carboxylic acids is 3. The van der Waals surface area contributed by atoms with Crippen molar-refractivity contribution in [3.63, 3.8) is 0 Å². The van der Waals surface area contributed by atoms with E-state index < -0.39 is 29.4 Å². The Morgan fingerprint density at radius 3 is 1.70 bits per heavy atom. The first-order valence-corrected chi connectivity index (χ1v) is 8.27. The van der Waals surface area contributed by atoms with Gasteiger partial charge in [-0.15, -0.1) is 0 Å². The van der Waals surface area contributed by atoms with Gasteiger partial charge in [0, 0.05) is 25.9 Å². The number of Topliss-reactive ketones (excluding diaryl/α,β-unsaturated/α-hetero) is 1. The number of hydrogen-bond donors (Lipinski definition) is 3. The molecule has 1 heterocycles. The van der Waals surface area contributed by atoms with Crippen molar-refractivity contribution in [3.05, 3.63) is 0 Å². The maximum absolute atomic E-state index is 11.1. The second kappa shape index (κ2) is 10.1. The van der Waals surface area contributed by atoms with Crippen LogP contribution in [-0.4, -0.2) is 39.4 Å². The number of ketones is 1. The molecule has 2 rings (SSSR count). The average Bonchev–Trinajstić information content (AvgIpc) is 2.42. The van der Waals surface area contributed by atoms with Crippen LogP contribution in [0.3, 0.4) is 0 Å². The van der Waals surface area contributed by atoms with Gasteiger partial charge in [-0.05, 0) is 19.8 Å². The van der Waals surface area contributed by atoms with Gasteiger partial charge in [0.25, 0.3) is 5.79 Å². The van der Waals surface area contributed by atoms with E-state index in [1.54, 1.807) is 0 Å².